The highest BCUT2D eigenvalue weighted by Gasteiger charge is 1.89. The molecule has 0 aliphatic heterocycles. The lowest BCUT2D eigenvalue weighted by Gasteiger charge is -1.95. The van der Waals surface area contributed by atoms with Gasteiger partial charge in [0, 0.05) is 4.83 Å². The molecule has 2 N–H and O–H groups in total. The van der Waals surface area contributed by atoms with Crippen LogP contribution < -0.4 is 5.90 Å². The van der Waals surface area contributed by atoms with Crippen LogP contribution in [0.25, 0.3) is 0 Å². The highest BCUT2D eigenvalue weighted by Crippen LogP contribution is 1.93. The van der Waals surface area contributed by atoms with Gasteiger partial charge >= 0.3 is 0 Å². The Morgan fingerprint density at radius 3 is 2.29 bits per heavy atom. The zero-order valence-electron chi connectivity index (χ0n) is 4.06. The molecule has 0 bridgehead atoms. The van der Waals surface area contributed by atoms with Crippen LogP contribution in [0, 0.1) is 0 Å². The van der Waals surface area contributed by atoms with Gasteiger partial charge in [-0.1, -0.05) is 22.9 Å². The van der Waals surface area contributed by atoms with Gasteiger partial charge in [-0.25, -0.2) is 5.90 Å². The smallest absolute Gasteiger partial charge is 0.0801 e. The van der Waals surface area contributed by atoms with Crippen LogP contribution in [0.2, 0.25) is 0 Å². The average molecular weight is 190 g/mol. The van der Waals surface area contributed by atoms with Gasteiger partial charge in [-0.3, -0.25) is 0 Å². The molecule has 0 aliphatic carbocycles. The Labute approximate surface area is 57.9 Å². The van der Waals surface area contributed by atoms with Gasteiger partial charge in [0.25, 0.3) is 0 Å². The second-order valence-corrected chi connectivity index (χ2v) is 2.68. The number of hydrogen-bond donors (Lipinski definition) is 1. The molecule has 0 radical (unpaired) electrons. The van der Waals surface area contributed by atoms with Crippen LogP contribution in [0.1, 0.15) is 6.92 Å². The molecule has 1 unspecified atom stereocenters. The second kappa shape index (κ2) is 6.69. The highest BCUT2D eigenvalue weighted by molar-refractivity contribution is 9.09. The van der Waals surface area contributed by atoms with E-state index in [9.17, 15) is 0 Å². The van der Waals surface area contributed by atoms with Gasteiger partial charge in [0.2, 0.25) is 0 Å². The first-order valence-electron chi connectivity index (χ1n) is 1.73. The van der Waals surface area contributed by atoms with Gasteiger partial charge in [-0.2, -0.15) is 0 Å². The van der Waals surface area contributed by atoms with E-state index in [0.29, 0.717) is 11.4 Å². The molecule has 1 atom stereocenters. The fourth-order valence-electron chi connectivity index (χ4n) is 0.133. The van der Waals surface area contributed by atoms with Crippen molar-refractivity contribution in [3.63, 3.8) is 0 Å². The topological polar surface area (TPSA) is 35.2 Å². The first-order valence-corrected chi connectivity index (χ1v) is 2.64. The van der Waals surface area contributed by atoms with Crippen LogP contribution in [0.15, 0.2) is 0 Å². The van der Waals surface area contributed by atoms with Crippen LogP contribution in [-0.2, 0) is 4.84 Å². The molecule has 0 amide bonds. The molecule has 0 saturated carbocycles. The van der Waals surface area contributed by atoms with Crippen molar-refractivity contribution in [3.05, 3.63) is 0 Å². The van der Waals surface area contributed by atoms with Crippen molar-refractivity contribution in [2.45, 2.75) is 11.8 Å². The molecule has 0 aromatic rings. The summed E-state index contributed by atoms with van der Waals surface area (Å²) in [4.78, 5) is 4.62. The minimum atomic E-state index is 0. The predicted molar refractivity (Wildman–Crippen MR) is 35.8 cm³/mol. The molecule has 0 spiro atoms. The summed E-state index contributed by atoms with van der Waals surface area (Å²) >= 11 is 3.23. The van der Waals surface area contributed by atoms with Crippen molar-refractivity contribution >= 4 is 28.3 Å². The fraction of sp³-hybridized carbons (Fsp3) is 1.00. The van der Waals surface area contributed by atoms with E-state index in [1.807, 2.05) is 6.92 Å². The molecule has 0 fully saturated rings. The Morgan fingerprint density at radius 1 is 1.86 bits per heavy atom. The Morgan fingerprint density at radius 2 is 2.29 bits per heavy atom. The van der Waals surface area contributed by atoms with E-state index in [1.165, 1.54) is 0 Å². The summed E-state index contributed by atoms with van der Waals surface area (Å²) in [5.74, 6) is 4.70. The summed E-state index contributed by atoms with van der Waals surface area (Å²) in [7, 11) is 0. The lowest BCUT2D eigenvalue weighted by molar-refractivity contribution is 0.143. The quantitative estimate of drug-likeness (QED) is 0.522. The van der Waals surface area contributed by atoms with Gasteiger partial charge in [0.05, 0.1) is 6.61 Å². The normalized spacial score (nSPS) is 12.4. The van der Waals surface area contributed by atoms with Gasteiger partial charge in [-0.15, -0.1) is 12.4 Å². The van der Waals surface area contributed by atoms with Crippen molar-refractivity contribution < 1.29 is 4.84 Å². The fourth-order valence-corrected chi connectivity index (χ4v) is 0.285. The lowest BCUT2D eigenvalue weighted by Crippen LogP contribution is -2.07. The molecule has 0 aliphatic rings. The molecule has 0 aromatic carbocycles. The van der Waals surface area contributed by atoms with Gasteiger partial charge < -0.3 is 4.84 Å². The summed E-state index contributed by atoms with van der Waals surface area (Å²) in [6.45, 7) is 2.53. The summed E-state index contributed by atoms with van der Waals surface area (Å²) in [6.07, 6.45) is 0. The first-order chi connectivity index (χ1) is 2.77. The molecular weight excluding hydrogens is 181 g/mol. The standard InChI is InChI=1S/C3H8BrNO.ClH/c1-3(4)2-6-5;/h3H,2,5H2,1H3;1H. The Hall–Kier alpha value is 0.690. The van der Waals surface area contributed by atoms with Crippen LogP contribution in [0.3, 0.4) is 0 Å². The third-order valence-electron chi connectivity index (χ3n) is 0.326. The van der Waals surface area contributed by atoms with Crippen LogP contribution in [-0.4, -0.2) is 11.4 Å². The SMILES string of the molecule is CC(Br)CON.Cl. The molecule has 0 heterocycles. The van der Waals surface area contributed by atoms with Crippen LogP contribution in [0.5, 0.6) is 0 Å². The summed E-state index contributed by atoms with van der Waals surface area (Å²) < 4.78 is 0. The molecule has 7 heavy (non-hydrogen) atoms. The number of halogens is 2. The minimum absolute atomic E-state index is 0. The Bertz CT molecular complexity index is 36.1. The molecule has 0 aromatic heterocycles. The molecule has 46 valence electrons. The van der Waals surface area contributed by atoms with Crippen molar-refractivity contribution in [3.8, 4) is 0 Å². The van der Waals surface area contributed by atoms with Crippen molar-refractivity contribution in [1.29, 1.82) is 0 Å². The van der Waals surface area contributed by atoms with Gasteiger partial charge in [-0.05, 0) is 0 Å². The van der Waals surface area contributed by atoms with E-state index in [1.54, 1.807) is 0 Å². The Balaban J connectivity index is 0. The lowest BCUT2D eigenvalue weighted by atomic mass is 10.5. The maximum absolute atomic E-state index is 4.70. The van der Waals surface area contributed by atoms with Crippen molar-refractivity contribution in [1.82, 2.24) is 0 Å². The monoisotopic (exact) mass is 189 g/mol. The summed E-state index contributed by atoms with van der Waals surface area (Å²) in [6, 6.07) is 0. The molecule has 4 heteroatoms. The maximum atomic E-state index is 4.70. The van der Waals surface area contributed by atoms with E-state index < -0.39 is 0 Å². The maximum Gasteiger partial charge on any atom is 0.0801 e. The molecule has 2 nitrogen and oxygen atoms in total. The molecule has 0 rings (SSSR count). The van der Waals surface area contributed by atoms with Gasteiger partial charge in [0.15, 0.2) is 0 Å². The van der Waals surface area contributed by atoms with E-state index >= 15 is 0 Å². The summed E-state index contributed by atoms with van der Waals surface area (Å²) in [5, 5.41) is 0. The molecule has 0 saturated heterocycles. The van der Waals surface area contributed by atoms with Crippen LogP contribution >= 0.6 is 28.3 Å². The molecular formula is C3H9BrClNO. The zero-order chi connectivity index (χ0) is 4.99. The number of nitrogens with two attached hydrogens (primary N) is 1. The number of hydrogen-bond acceptors (Lipinski definition) is 2. The largest absolute Gasteiger partial charge is 0.303 e. The average Bonchev–Trinajstić information content (AvgIpc) is 1.35. The number of alkyl halides is 1. The predicted octanol–water partition coefficient (Wildman–Crippen LogP) is 1.08. The van der Waals surface area contributed by atoms with E-state index in [0.717, 1.165) is 0 Å². The third-order valence-corrected chi connectivity index (χ3v) is 0.590. The van der Waals surface area contributed by atoms with Gasteiger partial charge in [0.1, 0.15) is 0 Å². The van der Waals surface area contributed by atoms with E-state index in [-0.39, 0.29) is 12.4 Å². The third kappa shape index (κ3) is 10.8. The summed E-state index contributed by atoms with van der Waals surface area (Å²) in [5.41, 5.74) is 0. The highest BCUT2D eigenvalue weighted by atomic mass is 79.9. The Kier molecular flexibility index (Phi) is 10.2. The second-order valence-electron chi connectivity index (χ2n) is 1.11. The van der Waals surface area contributed by atoms with Crippen molar-refractivity contribution in [2.24, 2.45) is 5.90 Å². The minimum Gasteiger partial charge on any atom is -0.303 e. The van der Waals surface area contributed by atoms with Crippen molar-refractivity contribution in [2.75, 3.05) is 6.61 Å². The number of rotatable bonds is 2. The van der Waals surface area contributed by atoms with Crippen LogP contribution in [0.4, 0.5) is 0 Å². The van der Waals surface area contributed by atoms with E-state index in [2.05, 4.69) is 20.8 Å². The first kappa shape index (κ1) is 10.6. The van der Waals surface area contributed by atoms with E-state index in [4.69, 9.17) is 5.90 Å². The zero-order valence-corrected chi connectivity index (χ0v) is 6.46.